The van der Waals surface area contributed by atoms with E-state index in [9.17, 15) is 0 Å². The third kappa shape index (κ3) is 2.21. The number of pyridine rings is 1. The molecule has 0 bridgehead atoms. The summed E-state index contributed by atoms with van der Waals surface area (Å²) in [5.41, 5.74) is 8.53. The molecule has 0 unspecified atom stereocenters. The Labute approximate surface area is 123 Å². The van der Waals surface area contributed by atoms with Crippen LogP contribution in [-0.4, -0.2) is 20.8 Å². The van der Waals surface area contributed by atoms with E-state index in [4.69, 9.17) is 5.73 Å². The van der Waals surface area contributed by atoms with Gasteiger partial charge in [-0.25, -0.2) is 9.97 Å². The standard InChI is InChI=1S/C13H11BrN4S/c1-19-10-4-2-3-9(6-10)18-12-11(17-13(18)15)5-8(14)7-16-12/h2-7H,1H3,(H2,15,17). The highest BCUT2D eigenvalue weighted by molar-refractivity contribution is 9.10. The van der Waals surface area contributed by atoms with Gasteiger partial charge in [-0.05, 0) is 46.5 Å². The predicted molar refractivity (Wildman–Crippen MR) is 82.8 cm³/mol. The SMILES string of the molecule is CSc1cccc(-n2c(N)nc3cc(Br)cnc32)c1. The van der Waals surface area contributed by atoms with E-state index in [1.165, 1.54) is 4.90 Å². The predicted octanol–water partition coefficient (Wildman–Crippen LogP) is 3.49. The number of halogens is 1. The van der Waals surface area contributed by atoms with Crippen LogP contribution in [0.4, 0.5) is 5.95 Å². The summed E-state index contributed by atoms with van der Waals surface area (Å²) in [6.45, 7) is 0. The summed E-state index contributed by atoms with van der Waals surface area (Å²) in [7, 11) is 0. The molecule has 2 heterocycles. The lowest BCUT2D eigenvalue weighted by atomic mass is 10.3. The van der Waals surface area contributed by atoms with E-state index in [1.54, 1.807) is 18.0 Å². The summed E-state index contributed by atoms with van der Waals surface area (Å²) in [4.78, 5) is 9.92. The van der Waals surface area contributed by atoms with E-state index >= 15 is 0 Å². The minimum atomic E-state index is 0.443. The highest BCUT2D eigenvalue weighted by Crippen LogP contribution is 2.25. The maximum Gasteiger partial charge on any atom is 0.207 e. The molecule has 4 nitrogen and oxygen atoms in total. The quantitative estimate of drug-likeness (QED) is 0.729. The number of aromatic nitrogens is 3. The zero-order valence-electron chi connectivity index (χ0n) is 10.2. The number of nitrogens with two attached hydrogens (primary N) is 1. The molecular weight excluding hydrogens is 324 g/mol. The first-order valence-electron chi connectivity index (χ1n) is 5.63. The fraction of sp³-hybridized carbons (Fsp3) is 0.0769. The number of nitrogens with zero attached hydrogens (tertiary/aromatic N) is 3. The number of fused-ring (bicyclic) bond motifs is 1. The Bertz CT molecular complexity index is 753. The molecule has 0 amide bonds. The van der Waals surface area contributed by atoms with E-state index in [0.717, 1.165) is 21.3 Å². The Hall–Kier alpha value is -1.53. The Morgan fingerprint density at radius 2 is 2.16 bits per heavy atom. The van der Waals surface area contributed by atoms with Crippen molar-refractivity contribution in [3.8, 4) is 5.69 Å². The zero-order valence-corrected chi connectivity index (χ0v) is 12.6. The lowest BCUT2D eigenvalue weighted by molar-refractivity contribution is 1.07. The van der Waals surface area contributed by atoms with Crippen molar-refractivity contribution in [1.82, 2.24) is 14.5 Å². The molecule has 0 aliphatic heterocycles. The van der Waals surface area contributed by atoms with Crippen molar-refractivity contribution in [2.75, 3.05) is 12.0 Å². The molecule has 0 aliphatic rings. The number of hydrogen-bond acceptors (Lipinski definition) is 4. The van der Waals surface area contributed by atoms with Gasteiger partial charge in [-0.15, -0.1) is 11.8 Å². The number of rotatable bonds is 2. The van der Waals surface area contributed by atoms with Crippen molar-refractivity contribution in [1.29, 1.82) is 0 Å². The molecule has 6 heteroatoms. The van der Waals surface area contributed by atoms with E-state index < -0.39 is 0 Å². The molecular formula is C13H11BrN4S. The second-order valence-electron chi connectivity index (χ2n) is 4.00. The molecule has 19 heavy (non-hydrogen) atoms. The van der Waals surface area contributed by atoms with Crippen LogP contribution in [0.15, 0.2) is 45.9 Å². The van der Waals surface area contributed by atoms with Crippen molar-refractivity contribution in [3.63, 3.8) is 0 Å². The Balaban J connectivity index is 2.26. The monoisotopic (exact) mass is 334 g/mol. The highest BCUT2D eigenvalue weighted by atomic mass is 79.9. The number of thioether (sulfide) groups is 1. The van der Waals surface area contributed by atoms with Crippen LogP contribution in [0.1, 0.15) is 0 Å². The largest absolute Gasteiger partial charge is 0.369 e. The van der Waals surface area contributed by atoms with Crippen LogP contribution in [-0.2, 0) is 0 Å². The average Bonchev–Trinajstić information content (AvgIpc) is 2.73. The molecule has 96 valence electrons. The number of nitrogen functional groups attached to an aromatic ring is 1. The summed E-state index contributed by atoms with van der Waals surface area (Å²) in [6.07, 6.45) is 3.79. The number of hydrogen-bond donors (Lipinski definition) is 1. The van der Waals surface area contributed by atoms with Crippen molar-refractivity contribution >= 4 is 44.8 Å². The van der Waals surface area contributed by atoms with E-state index in [-0.39, 0.29) is 0 Å². The highest BCUT2D eigenvalue weighted by Gasteiger charge is 2.11. The minimum absolute atomic E-state index is 0.443. The topological polar surface area (TPSA) is 56.7 Å². The molecule has 0 atom stereocenters. The maximum atomic E-state index is 6.02. The van der Waals surface area contributed by atoms with Gasteiger partial charge in [0.25, 0.3) is 0 Å². The second kappa shape index (κ2) is 4.86. The summed E-state index contributed by atoms with van der Waals surface area (Å²) in [6, 6.07) is 10.1. The Morgan fingerprint density at radius 1 is 1.32 bits per heavy atom. The molecule has 0 fully saturated rings. The number of imidazole rings is 1. The molecule has 0 aliphatic carbocycles. The van der Waals surface area contributed by atoms with Crippen LogP contribution >= 0.6 is 27.7 Å². The first-order valence-corrected chi connectivity index (χ1v) is 7.65. The molecule has 0 spiro atoms. The van der Waals surface area contributed by atoms with Gasteiger partial charge in [0.2, 0.25) is 5.95 Å². The summed E-state index contributed by atoms with van der Waals surface area (Å²) >= 11 is 5.08. The fourth-order valence-corrected chi connectivity index (χ4v) is 2.73. The van der Waals surface area contributed by atoms with Gasteiger partial charge in [0.1, 0.15) is 5.52 Å². The first kappa shape index (κ1) is 12.5. The molecule has 0 saturated heterocycles. The molecule has 2 N–H and O–H groups in total. The number of benzene rings is 1. The van der Waals surface area contributed by atoms with Gasteiger partial charge < -0.3 is 5.73 Å². The van der Waals surface area contributed by atoms with E-state index in [0.29, 0.717) is 5.95 Å². The first-order chi connectivity index (χ1) is 9.19. The van der Waals surface area contributed by atoms with Gasteiger partial charge >= 0.3 is 0 Å². The zero-order chi connectivity index (χ0) is 13.4. The second-order valence-corrected chi connectivity index (χ2v) is 5.80. The van der Waals surface area contributed by atoms with Crippen molar-refractivity contribution in [3.05, 3.63) is 41.0 Å². The van der Waals surface area contributed by atoms with Gasteiger partial charge in [-0.3, -0.25) is 4.57 Å². The van der Waals surface area contributed by atoms with Crippen molar-refractivity contribution in [2.45, 2.75) is 4.90 Å². The summed E-state index contributed by atoms with van der Waals surface area (Å²) in [5.74, 6) is 0.443. The number of anilines is 1. The molecule has 2 aromatic heterocycles. The van der Waals surface area contributed by atoms with E-state index in [1.807, 2.05) is 29.0 Å². The van der Waals surface area contributed by atoms with Gasteiger partial charge in [-0.2, -0.15) is 0 Å². The fourth-order valence-electron chi connectivity index (χ4n) is 1.96. The smallest absolute Gasteiger partial charge is 0.207 e. The van der Waals surface area contributed by atoms with Gasteiger partial charge in [-0.1, -0.05) is 6.07 Å². The third-order valence-corrected chi connectivity index (χ3v) is 3.96. The van der Waals surface area contributed by atoms with Gasteiger partial charge in [0, 0.05) is 15.6 Å². The van der Waals surface area contributed by atoms with Crippen LogP contribution in [0.25, 0.3) is 16.9 Å². The van der Waals surface area contributed by atoms with Crippen LogP contribution in [0.5, 0.6) is 0 Å². The van der Waals surface area contributed by atoms with Crippen LogP contribution in [0.2, 0.25) is 0 Å². The maximum absolute atomic E-state index is 6.02. The molecule has 1 aromatic carbocycles. The summed E-state index contributed by atoms with van der Waals surface area (Å²) < 4.78 is 2.75. The normalized spacial score (nSPS) is 11.1. The lowest BCUT2D eigenvalue weighted by Gasteiger charge is -2.07. The van der Waals surface area contributed by atoms with Crippen molar-refractivity contribution < 1.29 is 0 Å². The van der Waals surface area contributed by atoms with Crippen LogP contribution < -0.4 is 5.73 Å². The third-order valence-electron chi connectivity index (χ3n) is 2.80. The van der Waals surface area contributed by atoms with Crippen molar-refractivity contribution in [2.24, 2.45) is 0 Å². The van der Waals surface area contributed by atoms with Crippen LogP contribution in [0.3, 0.4) is 0 Å². The molecule has 3 rings (SSSR count). The summed E-state index contributed by atoms with van der Waals surface area (Å²) in [5, 5.41) is 0. The Kier molecular flexibility index (Phi) is 3.20. The van der Waals surface area contributed by atoms with Gasteiger partial charge in [0.05, 0.1) is 5.69 Å². The molecule has 3 aromatic rings. The molecule has 0 saturated carbocycles. The lowest BCUT2D eigenvalue weighted by Crippen LogP contribution is -2.01. The van der Waals surface area contributed by atoms with Crippen LogP contribution in [0, 0.1) is 0 Å². The van der Waals surface area contributed by atoms with E-state index in [2.05, 4.69) is 38.0 Å². The molecule has 0 radical (unpaired) electrons. The minimum Gasteiger partial charge on any atom is -0.369 e. The average molecular weight is 335 g/mol. The van der Waals surface area contributed by atoms with Gasteiger partial charge in [0.15, 0.2) is 5.65 Å². The Morgan fingerprint density at radius 3 is 2.95 bits per heavy atom.